The number of hydrogen-bond donors (Lipinski definition) is 1. The van der Waals surface area contributed by atoms with Crippen molar-refractivity contribution >= 4 is 5.69 Å². The van der Waals surface area contributed by atoms with Crippen LogP contribution < -0.4 is 5.73 Å². The van der Waals surface area contributed by atoms with Crippen molar-refractivity contribution in [1.29, 1.82) is 0 Å². The summed E-state index contributed by atoms with van der Waals surface area (Å²) in [6.45, 7) is 11.1. The maximum Gasteiger partial charge on any atom is 0.0379 e. The van der Waals surface area contributed by atoms with Gasteiger partial charge in [0.1, 0.15) is 0 Å². The first kappa shape index (κ1) is 14.6. The second-order valence-corrected chi connectivity index (χ2v) is 6.44. The van der Waals surface area contributed by atoms with E-state index in [1.54, 1.807) is 0 Å². The van der Waals surface area contributed by atoms with Crippen molar-refractivity contribution in [2.75, 3.05) is 5.73 Å². The van der Waals surface area contributed by atoms with Gasteiger partial charge in [0.05, 0.1) is 0 Å². The van der Waals surface area contributed by atoms with Gasteiger partial charge in [-0.15, -0.1) is 0 Å². The SMILES string of the molecule is Cc1cc(C(C)(C)c2ccccc2)cc(C(C)C)c1N. The fourth-order valence-electron chi connectivity index (χ4n) is 2.69. The number of nitrogens with two attached hydrogens (primary N) is 1. The first-order chi connectivity index (χ1) is 9.34. The Kier molecular flexibility index (Phi) is 3.89. The van der Waals surface area contributed by atoms with E-state index in [4.69, 9.17) is 5.73 Å². The minimum absolute atomic E-state index is 0.0106. The summed E-state index contributed by atoms with van der Waals surface area (Å²) >= 11 is 0. The predicted molar refractivity (Wildman–Crippen MR) is 88.3 cm³/mol. The fourth-order valence-corrected chi connectivity index (χ4v) is 2.69. The maximum absolute atomic E-state index is 6.23. The molecular formula is C19H25N. The van der Waals surface area contributed by atoms with E-state index >= 15 is 0 Å². The van der Waals surface area contributed by atoms with Gasteiger partial charge in [-0.25, -0.2) is 0 Å². The summed E-state index contributed by atoms with van der Waals surface area (Å²) < 4.78 is 0. The smallest absolute Gasteiger partial charge is 0.0379 e. The second-order valence-electron chi connectivity index (χ2n) is 6.44. The summed E-state index contributed by atoms with van der Waals surface area (Å²) in [5, 5.41) is 0. The quantitative estimate of drug-likeness (QED) is 0.776. The Morgan fingerprint density at radius 2 is 1.55 bits per heavy atom. The van der Waals surface area contributed by atoms with Crippen molar-refractivity contribution in [3.63, 3.8) is 0 Å². The summed E-state index contributed by atoms with van der Waals surface area (Å²) in [4.78, 5) is 0. The van der Waals surface area contributed by atoms with Crippen molar-refractivity contribution in [3.8, 4) is 0 Å². The van der Waals surface area contributed by atoms with Crippen molar-refractivity contribution in [1.82, 2.24) is 0 Å². The number of nitrogen functional groups attached to an aromatic ring is 1. The van der Waals surface area contributed by atoms with Gasteiger partial charge in [-0.3, -0.25) is 0 Å². The van der Waals surface area contributed by atoms with E-state index in [2.05, 4.69) is 77.1 Å². The highest BCUT2D eigenvalue weighted by atomic mass is 14.6. The minimum Gasteiger partial charge on any atom is -0.398 e. The van der Waals surface area contributed by atoms with E-state index in [0.717, 1.165) is 5.69 Å². The minimum atomic E-state index is -0.0106. The fraction of sp³-hybridized carbons (Fsp3) is 0.368. The third kappa shape index (κ3) is 2.58. The molecule has 2 aromatic carbocycles. The van der Waals surface area contributed by atoms with Crippen LogP contribution in [0.3, 0.4) is 0 Å². The Morgan fingerprint density at radius 1 is 0.950 bits per heavy atom. The molecule has 0 heterocycles. The molecule has 0 saturated carbocycles. The van der Waals surface area contributed by atoms with Crippen molar-refractivity contribution in [2.24, 2.45) is 0 Å². The molecule has 0 aliphatic heterocycles. The molecule has 0 fully saturated rings. The number of aryl methyl sites for hydroxylation is 1. The molecule has 0 atom stereocenters. The van der Waals surface area contributed by atoms with Gasteiger partial charge in [-0.2, -0.15) is 0 Å². The third-order valence-electron chi connectivity index (χ3n) is 4.26. The van der Waals surface area contributed by atoms with E-state index < -0.39 is 0 Å². The molecule has 1 nitrogen and oxygen atoms in total. The second kappa shape index (κ2) is 5.32. The van der Waals surface area contributed by atoms with Crippen LogP contribution in [-0.4, -0.2) is 0 Å². The highest BCUT2D eigenvalue weighted by Crippen LogP contribution is 2.36. The van der Waals surface area contributed by atoms with Gasteiger partial charge in [0.2, 0.25) is 0 Å². The first-order valence-corrected chi connectivity index (χ1v) is 7.30. The van der Waals surface area contributed by atoms with Crippen LogP contribution in [0, 0.1) is 6.92 Å². The topological polar surface area (TPSA) is 26.0 Å². The van der Waals surface area contributed by atoms with E-state index in [1.165, 1.54) is 22.3 Å². The van der Waals surface area contributed by atoms with Crippen LogP contribution in [0.15, 0.2) is 42.5 Å². The lowest BCUT2D eigenvalue weighted by molar-refractivity contribution is 0.638. The molecule has 20 heavy (non-hydrogen) atoms. The predicted octanol–water partition coefficient (Wildman–Crippen LogP) is 5.03. The largest absolute Gasteiger partial charge is 0.398 e. The Balaban J connectivity index is 2.58. The average molecular weight is 267 g/mol. The first-order valence-electron chi connectivity index (χ1n) is 7.30. The van der Waals surface area contributed by atoms with Gasteiger partial charge in [-0.1, -0.05) is 70.2 Å². The van der Waals surface area contributed by atoms with Crippen LogP contribution >= 0.6 is 0 Å². The van der Waals surface area contributed by atoms with Crippen molar-refractivity contribution < 1.29 is 0 Å². The number of rotatable bonds is 3. The van der Waals surface area contributed by atoms with Crippen LogP contribution in [0.25, 0.3) is 0 Å². The molecule has 0 saturated heterocycles. The summed E-state index contributed by atoms with van der Waals surface area (Å²) in [6.07, 6.45) is 0. The highest BCUT2D eigenvalue weighted by Gasteiger charge is 2.24. The molecule has 106 valence electrons. The van der Waals surface area contributed by atoms with Gasteiger partial charge in [0, 0.05) is 11.1 Å². The van der Waals surface area contributed by atoms with Gasteiger partial charge in [-0.05, 0) is 35.1 Å². The van der Waals surface area contributed by atoms with Crippen molar-refractivity contribution in [2.45, 2.75) is 46.0 Å². The van der Waals surface area contributed by atoms with E-state index in [9.17, 15) is 0 Å². The molecule has 0 aromatic heterocycles. The van der Waals surface area contributed by atoms with Crippen LogP contribution in [0.4, 0.5) is 5.69 Å². The monoisotopic (exact) mass is 267 g/mol. The summed E-state index contributed by atoms with van der Waals surface area (Å²) in [7, 11) is 0. The summed E-state index contributed by atoms with van der Waals surface area (Å²) in [5.41, 5.74) is 12.3. The number of anilines is 1. The van der Waals surface area contributed by atoms with E-state index in [-0.39, 0.29) is 5.41 Å². The summed E-state index contributed by atoms with van der Waals surface area (Å²) in [6, 6.07) is 15.2. The molecule has 0 radical (unpaired) electrons. The molecule has 0 aliphatic rings. The third-order valence-corrected chi connectivity index (χ3v) is 4.26. The Bertz CT molecular complexity index is 595. The molecular weight excluding hydrogens is 242 g/mol. The van der Waals surface area contributed by atoms with Crippen LogP contribution in [0.2, 0.25) is 0 Å². The molecule has 2 rings (SSSR count). The lowest BCUT2D eigenvalue weighted by Gasteiger charge is -2.28. The molecule has 0 bridgehead atoms. The van der Waals surface area contributed by atoms with Gasteiger partial charge < -0.3 is 5.73 Å². The molecule has 0 amide bonds. The lowest BCUT2D eigenvalue weighted by atomic mass is 9.76. The summed E-state index contributed by atoms with van der Waals surface area (Å²) in [5.74, 6) is 0.445. The van der Waals surface area contributed by atoms with Crippen LogP contribution in [0.1, 0.15) is 55.9 Å². The van der Waals surface area contributed by atoms with Crippen molar-refractivity contribution in [3.05, 3.63) is 64.7 Å². The van der Waals surface area contributed by atoms with Crippen LogP contribution in [-0.2, 0) is 5.41 Å². The van der Waals surface area contributed by atoms with Crippen LogP contribution in [0.5, 0.6) is 0 Å². The number of benzene rings is 2. The Labute approximate surface area is 122 Å². The molecule has 0 spiro atoms. The standard InChI is InChI=1S/C19H25N/c1-13(2)17-12-16(11-14(3)18(17)20)19(4,5)15-9-7-6-8-10-15/h6-13H,20H2,1-5H3. The zero-order valence-corrected chi connectivity index (χ0v) is 13.2. The van der Waals surface area contributed by atoms with E-state index in [0.29, 0.717) is 5.92 Å². The number of hydrogen-bond acceptors (Lipinski definition) is 1. The Morgan fingerprint density at radius 3 is 2.10 bits per heavy atom. The van der Waals surface area contributed by atoms with Gasteiger partial charge in [0.25, 0.3) is 0 Å². The molecule has 2 aromatic rings. The zero-order valence-electron chi connectivity index (χ0n) is 13.2. The lowest BCUT2D eigenvalue weighted by Crippen LogP contribution is -2.20. The van der Waals surface area contributed by atoms with E-state index in [1.807, 2.05) is 0 Å². The molecule has 2 N–H and O–H groups in total. The molecule has 0 unspecified atom stereocenters. The molecule has 1 heteroatoms. The Hall–Kier alpha value is -1.76. The van der Waals surface area contributed by atoms with Gasteiger partial charge >= 0.3 is 0 Å². The highest BCUT2D eigenvalue weighted by molar-refractivity contribution is 5.58. The average Bonchev–Trinajstić information content (AvgIpc) is 2.42. The normalized spacial score (nSPS) is 11.9. The molecule has 0 aliphatic carbocycles. The maximum atomic E-state index is 6.23. The zero-order chi connectivity index (χ0) is 14.9. The van der Waals surface area contributed by atoms with Gasteiger partial charge in [0.15, 0.2) is 0 Å².